The number of carbonyl (C=O) groups excluding carboxylic acids is 2. The van der Waals surface area contributed by atoms with Gasteiger partial charge in [-0.1, -0.05) is 0 Å². The number of carboxylic acids is 1. The van der Waals surface area contributed by atoms with Gasteiger partial charge in [0.2, 0.25) is 0 Å². The summed E-state index contributed by atoms with van der Waals surface area (Å²) in [7, 11) is 2.96. The summed E-state index contributed by atoms with van der Waals surface area (Å²) in [4.78, 5) is 34.9. The van der Waals surface area contributed by atoms with Crippen molar-refractivity contribution in [3.63, 3.8) is 0 Å². The van der Waals surface area contributed by atoms with E-state index in [-0.39, 0.29) is 12.2 Å². The third kappa shape index (κ3) is 7.80. The second-order valence-electron chi connectivity index (χ2n) is 5.04. The molecule has 0 aromatic carbocycles. The second-order valence-corrected chi connectivity index (χ2v) is 5.04. The predicted octanol–water partition coefficient (Wildman–Crippen LogP) is -0.0256. The number of nitrogens with zero attached hydrogens (tertiary/aromatic N) is 1. The lowest BCUT2D eigenvalue weighted by atomic mass is 10.2. The van der Waals surface area contributed by atoms with E-state index < -0.39 is 23.4 Å². The van der Waals surface area contributed by atoms with Crippen LogP contribution in [0.15, 0.2) is 11.8 Å². The van der Waals surface area contributed by atoms with Crippen LogP contribution in [0.1, 0.15) is 20.8 Å². The lowest BCUT2D eigenvalue weighted by molar-refractivity contribution is -0.153. The number of aliphatic carboxylic acids is 1. The van der Waals surface area contributed by atoms with E-state index in [4.69, 9.17) is 9.84 Å². The monoisotopic (exact) mass is 272 g/mol. The Kier molecular flexibility index (Phi) is 6.04. The molecule has 0 atom stereocenters. The van der Waals surface area contributed by atoms with Crippen molar-refractivity contribution in [2.24, 2.45) is 0 Å². The van der Waals surface area contributed by atoms with Gasteiger partial charge in [0.15, 0.2) is 0 Å². The maximum absolute atomic E-state index is 11.7. The Morgan fingerprint density at radius 3 is 2.16 bits per heavy atom. The summed E-state index contributed by atoms with van der Waals surface area (Å²) >= 11 is 0. The number of ether oxygens (including phenoxy) is 1. The number of amides is 1. The lowest BCUT2D eigenvalue weighted by Gasteiger charge is -2.20. The highest BCUT2D eigenvalue weighted by atomic mass is 16.6. The smallest absolute Gasteiger partial charge is 0.330 e. The van der Waals surface area contributed by atoms with Crippen LogP contribution in [0.5, 0.6) is 0 Å². The molecule has 0 aromatic heterocycles. The minimum absolute atomic E-state index is 0.177. The molecule has 0 heterocycles. The number of likely N-dealkylation sites (N-methyl/N-ethyl adjacent to an activating group) is 1. The van der Waals surface area contributed by atoms with Crippen LogP contribution in [0.4, 0.5) is 0 Å². The summed E-state index contributed by atoms with van der Waals surface area (Å²) in [5.74, 6) is -2.39. The van der Waals surface area contributed by atoms with Gasteiger partial charge in [-0.15, -0.1) is 0 Å². The Morgan fingerprint density at radius 1 is 1.26 bits per heavy atom. The molecule has 0 aliphatic heterocycles. The number of hydrogen-bond acceptors (Lipinski definition) is 5. The summed E-state index contributed by atoms with van der Waals surface area (Å²) < 4.78 is 5.03. The Labute approximate surface area is 112 Å². The first-order chi connectivity index (χ1) is 8.53. The Balaban J connectivity index is 4.66. The van der Waals surface area contributed by atoms with E-state index in [1.165, 1.54) is 19.0 Å². The molecule has 108 valence electrons. The number of hydrogen-bond donors (Lipinski definition) is 2. The first kappa shape index (κ1) is 16.9. The summed E-state index contributed by atoms with van der Waals surface area (Å²) in [6.07, 6.45) is 0.715. The number of nitrogens with one attached hydrogen (secondary N) is 1. The zero-order chi connectivity index (χ0) is 15.2. The third-order valence-corrected chi connectivity index (χ3v) is 1.75. The van der Waals surface area contributed by atoms with Crippen molar-refractivity contribution in [2.75, 3.05) is 20.6 Å². The van der Waals surface area contributed by atoms with Gasteiger partial charge in [-0.05, 0) is 20.8 Å². The number of esters is 1. The molecule has 1 amide bonds. The Bertz CT molecular complexity index is 393. The number of rotatable bonds is 5. The first-order valence-electron chi connectivity index (χ1n) is 5.65. The summed E-state index contributed by atoms with van der Waals surface area (Å²) in [5, 5.41) is 11.1. The lowest BCUT2D eigenvalue weighted by Crippen LogP contribution is -2.36. The van der Waals surface area contributed by atoms with E-state index >= 15 is 0 Å². The quantitative estimate of drug-likeness (QED) is 0.539. The van der Waals surface area contributed by atoms with Gasteiger partial charge in [0.25, 0.3) is 5.91 Å². The molecule has 0 aliphatic carbocycles. The third-order valence-electron chi connectivity index (χ3n) is 1.75. The highest BCUT2D eigenvalue weighted by molar-refractivity contribution is 5.98. The number of carbonyl (C=O) groups is 3. The average molecular weight is 272 g/mol. The van der Waals surface area contributed by atoms with Crippen LogP contribution in [-0.4, -0.2) is 54.1 Å². The maximum Gasteiger partial charge on any atom is 0.330 e. The van der Waals surface area contributed by atoms with Crippen LogP contribution >= 0.6 is 0 Å². The summed E-state index contributed by atoms with van der Waals surface area (Å²) in [6, 6.07) is 0. The van der Waals surface area contributed by atoms with E-state index in [1.807, 2.05) is 0 Å². The molecule has 0 radical (unpaired) electrons. The molecular weight excluding hydrogens is 252 g/mol. The van der Waals surface area contributed by atoms with Crippen molar-refractivity contribution < 1.29 is 24.2 Å². The van der Waals surface area contributed by atoms with Crippen molar-refractivity contribution in [1.82, 2.24) is 10.2 Å². The Morgan fingerprint density at radius 2 is 1.79 bits per heavy atom. The molecule has 2 N–H and O–H groups in total. The maximum atomic E-state index is 11.7. The van der Waals surface area contributed by atoms with E-state index in [0.29, 0.717) is 6.08 Å². The predicted molar refractivity (Wildman–Crippen MR) is 68.3 cm³/mol. The van der Waals surface area contributed by atoms with Gasteiger partial charge < -0.3 is 20.1 Å². The normalized spacial score (nSPS) is 11.7. The van der Waals surface area contributed by atoms with Crippen molar-refractivity contribution in [3.8, 4) is 0 Å². The van der Waals surface area contributed by atoms with E-state index in [0.717, 1.165) is 0 Å². The zero-order valence-electron chi connectivity index (χ0n) is 11.8. The molecular formula is C12H20N2O5. The molecule has 0 rings (SSSR count). The van der Waals surface area contributed by atoms with E-state index in [2.05, 4.69) is 5.32 Å². The molecule has 0 saturated carbocycles. The SMILES string of the molecule is CN(C)C(=O)/C(=C/C(=O)O)NCC(=O)OC(C)(C)C. The molecule has 0 aromatic rings. The fourth-order valence-corrected chi connectivity index (χ4v) is 1.10. The van der Waals surface area contributed by atoms with Gasteiger partial charge in [-0.3, -0.25) is 9.59 Å². The average Bonchev–Trinajstić information content (AvgIpc) is 2.19. The highest BCUT2D eigenvalue weighted by Gasteiger charge is 2.18. The topological polar surface area (TPSA) is 95.9 Å². The molecule has 0 spiro atoms. The number of carboxylic acid groups (broad SMARTS) is 1. The zero-order valence-corrected chi connectivity index (χ0v) is 11.8. The van der Waals surface area contributed by atoms with Gasteiger partial charge in [0, 0.05) is 14.1 Å². The van der Waals surface area contributed by atoms with Crippen molar-refractivity contribution in [2.45, 2.75) is 26.4 Å². The molecule has 0 fully saturated rings. The molecule has 7 nitrogen and oxygen atoms in total. The summed E-state index contributed by atoms with van der Waals surface area (Å²) in [6.45, 7) is 4.85. The largest absolute Gasteiger partial charge is 0.478 e. The van der Waals surface area contributed by atoms with Crippen LogP contribution < -0.4 is 5.32 Å². The Hall–Kier alpha value is -2.05. The van der Waals surface area contributed by atoms with Gasteiger partial charge in [-0.2, -0.15) is 0 Å². The molecule has 0 unspecified atom stereocenters. The van der Waals surface area contributed by atoms with Gasteiger partial charge in [0.1, 0.15) is 17.8 Å². The molecule has 0 bridgehead atoms. The van der Waals surface area contributed by atoms with Gasteiger partial charge in [-0.25, -0.2) is 4.79 Å². The van der Waals surface area contributed by atoms with Crippen LogP contribution in [-0.2, 0) is 19.1 Å². The van der Waals surface area contributed by atoms with Crippen molar-refractivity contribution >= 4 is 17.8 Å². The molecule has 7 heteroatoms. The van der Waals surface area contributed by atoms with E-state index in [9.17, 15) is 14.4 Å². The second kappa shape index (κ2) is 6.77. The standard InChI is InChI=1S/C12H20N2O5/c1-12(2,3)19-10(17)7-13-8(6-9(15)16)11(18)14(4)5/h6,13H,7H2,1-5H3,(H,15,16)/b8-6-. The van der Waals surface area contributed by atoms with Gasteiger partial charge in [0.05, 0.1) is 6.08 Å². The minimum Gasteiger partial charge on any atom is -0.478 e. The highest BCUT2D eigenvalue weighted by Crippen LogP contribution is 2.06. The van der Waals surface area contributed by atoms with Crippen LogP contribution in [0.2, 0.25) is 0 Å². The van der Waals surface area contributed by atoms with Crippen molar-refractivity contribution in [3.05, 3.63) is 11.8 Å². The molecule has 19 heavy (non-hydrogen) atoms. The molecule has 0 aliphatic rings. The van der Waals surface area contributed by atoms with Crippen LogP contribution in [0.3, 0.4) is 0 Å². The van der Waals surface area contributed by atoms with Crippen LogP contribution in [0.25, 0.3) is 0 Å². The van der Waals surface area contributed by atoms with Crippen LogP contribution in [0, 0.1) is 0 Å². The minimum atomic E-state index is -1.28. The fraction of sp³-hybridized carbons (Fsp3) is 0.583. The molecule has 0 saturated heterocycles. The van der Waals surface area contributed by atoms with Crippen molar-refractivity contribution in [1.29, 1.82) is 0 Å². The first-order valence-corrected chi connectivity index (χ1v) is 5.65. The van der Waals surface area contributed by atoms with Gasteiger partial charge >= 0.3 is 11.9 Å². The summed E-state index contributed by atoms with van der Waals surface area (Å²) in [5.41, 5.74) is -0.815. The fourth-order valence-electron chi connectivity index (χ4n) is 1.10. The van der Waals surface area contributed by atoms with E-state index in [1.54, 1.807) is 20.8 Å².